The van der Waals surface area contributed by atoms with E-state index in [1.54, 1.807) is 0 Å². The number of hydrogen-bond acceptors (Lipinski definition) is 3. The Kier molecular flexibility index (Phi) is 5.07. The molecule has 2 aliphatic rings. The molecule has 1 aliphatic heterocycles. The molecule has 0 aromatic heterocycles. The maximum atomic E-state index is 5.62. The van der Waals surface area contributed by atoms with E-state index in [9.17, 15) is 0 Å². The fourth-order valence-electron chi connectivity index (χ4n) is 2.86. The summed E-state index contributed by atoms with van der Waals surface area (Å²) in [5.41, 5.74) is 0. The van der Waals surface area contributed by atoms with Gasteiger partial charge in [0.15, 0.2) is 0 Å². The third kappa shape index (κ3) is 3.72. The predicted molar refractivity (Wildman–Crippen MR) is 64.6 cm³/mol. The first-order chi connectivity index (χ1) is 7.88. The number of ether oxygens (including phenoxy) is 2. The number of methoxy groups -OCH3 is 1. The fourth-order valence-corrected chi connectivity index (χ4v) is 2.86. The second kappa shape index (κ2) is 6.58. The highest BCUT2D eigenvalue weighted by Gasteiger charge is 2.21. The molecular weight excluding hydrogens is 202 g/mol. The molecule has 94 valence electrons. The maximum Gasteiger partial charge on any atom is 0.0588 e. The van der Waals surface area contributed by atoms with E-state index >= 15 is 0 Å². The van der Waals surface area contributed by atoms with Crippen LogP contribution in [0.5, 0.6) is 0 Å². The molecule has 3 heteroatoms. The van der Waals surface area contributed by atoms with E-state index in [1.165, 1.54) is 44.9 Å². The maximum absolute atomic E-state index is 5.62. The lowest BCUT2D eigenvalue weighted by molar-refractivity contribution is 0.0572. The van der Waals surface area contributed by atoms with Gasteiger partial charge in [0, 0.05) is 19.8 Å². The van der Waals surface area contributed by atoms with Gasteiger partial charge in [0.05, 0.1) is 12.2 Å². The van der Waals surface area contributed by atoms with Crippen LogP contribution in [0.4, 0.5) is 0 Å². The molecule has 0 amide bonds. The Morgan fingerprint density at radius 1 is 1.25 bits per heavy atom. The molecule has 1 heterocycles. The standard InChI is InChI=1S/C13H25NO2/c1-15-13-5-2-4-11(10-13)14-8-7-12-6-3-9-16-12/h11-14H,2-10H2,1H3. The minimum absolute atomic E-state index is 0.481. The Labute approximate surface area is 98.9 Å². The highest BCUT2D eigenvalue weighted by Crippen LogP contribution is 2.21. The second-order valence-corrected chi connectivity index (χ2v) is 5.10. The van der Waals surface area contributed by atoms with Crippen molar-refractivity contribution < 1.29 is 9.47 Å². The molecule has 16 heavy (non-hydrogen) atoms. The first kappa shape index (κ1) is 12.3. The molecule has 3 nitrogen and oxygen atoms in total. The molecule has 0 spiro atoms. The average molecular weight is 227 g/mol. The van der Waals surface area contributed by atoms with Crippen molar-refractivity contribution >= 4 is 0 Å². The van der Waals surface area contributed by atoms with Crippen molar-refractivity contribution in [1.82, 2.24) is 5.32 Å². The van der Waals surface area contributed by atoms with E-state index in [4.69, 9.17) is 9.47 Å². The minimum Gasteiger partial charge on any atom is -0.381 e. The van der Waals surface area contributed by atoms with Gasteiger partial charge >= 0.3 is 0 Å². The SMILES string of the molecule is COC1CCCC(NCCC2CCCO2)C1. The summed E-state index contributed by atoms with van der Waals surface area (Å²) in [7, 11) is 1.83. The Hall–Kier alpha value is -0.120. The minimum atomic E-state index is 0.481. The third-order valence-corrected chi connectivity index (χ3v) is 3.88. The molecule has 0 aromatic carbocycles. The first-order valence-electron chi connectivity index (χ1n) is 6.76. The van der Waals surface area contributed by atoms with Crippen molar-refractivity contribution in [3.63, 3.8) is 0 Å². The number of nitrogens with one attached hydrogen (secondary N) is 1. The van der Waals surface area contributed by atoms with Crippen LogP contribution in [0.15, 0.2) is 0 Å². The largest absolute Gasteiger partial charge is 0.381 e. The van der Waals surface area contributed by atoms with E-state index < -0.39 is 0 Å². The molecule has 3 atom stereocenters. The van der Waals surface area contributed by atoms with E-state index in [-0.39, 0.29) is 0 Å². The van der Waals surface area contributed by atoms with Gasteiger partial charge in [-0.2, -0.15) is 0 Å². The van der Waals surface area contributed by atoms with Crippen LogP contribution in [0.25, 0.3) is 0 Å². The van der Waals surface area contributed by atoms with Gasteiger partial charge in [0.1, 0.15) is 0 Å². The molecule has 0 bridgehead atoms. The average Bonchev–Trinajstić information content (AvgIpc) is 2.82. The Bertz CT molecular complexity index is 192. The highest BCUT2D eigenvalue weighted by molar-refractivity contribution is 4.78. The van der Waals surface area contributed by atoms with Gasteiger partial charge in [-0.1, -0.05) is 0 Å². The van der Waals surface area contributed by atoms with E-state index in [2.05, 4.69) is 5.32 Å². The number of hydrogen-bond donors (Lipinski definition) is 1. The second-order valence-electron chi connectivity index (χ2n) is 5.10. The lowest BCUT2D eigenvalue weighted by Crippen LogP contribution is -2.37. The van der Waals surface area contributed by atoms with E-state index in [0.717, 1.165) is 13.2 Å². The van der Waals surface area contributed by atoms with Crippen LogP contribution < -0.4 is 5.32 Å². The summed E-state index contributed by atoms with van der Waals surface area (Å²) in [6, 6.07) is 0.667. The van der Waals surface area contributed by atoms with Crippen LogP contribution in [0.3, 0.4) is 0 Å². The molecule has 3 unspecified atom stereocenters. The monoisotopic (exact) mass is 227 g/mol. The fraction of sp³-hybridized carbons (Fsp3) is 1.00. The molecule has 0 radical (unpaired) electrons. The summed E-state index contributed by atoms with van der Waals surface area (Å²) in [5.74, 6) is 0. The van der Waals surface area contributed by atoms with Gasteiger partial charge in [0.25, 0.3) is 0 Å². The van der Waals surface area contributed by atoms with Gasteiger partial charge in [-0.25, -0.2) is 0 Å². The smallest absolute Gasteiger partial charge is 0.0588 e. The normalized spacial score (nSPS) is 35.4. The van der Waals surface area contributed by atoms with Crippen LogP contribution >= 0.6 is 0 Å². The van der Waals surface area contributed by atoms with Crippen molar-refractivity contribution in [3.8, 4) is 0 Å². The number of rotatable bonds is 5. The Morgan fingerprint density at radius 2 is 2.19 bits per heavy atom. The van der Waals surface area contributed by atoms with Crippen molar-refractivity contribution in [2.24, 2.45) is 0 Å². The van der Waals surface area contributed by atoms with Crippen molar-refractivity contribution in [1.29, 1.82) is 0 Å². The third-order valence-electron chi connectivity index (χ3n) is 3.88. The molecule has 1 N–H and O–H groups in total. The van der Waals surface area contributed by atoms with Crippen LogP contribution in [-0.4, -0.2) is 38.5 Å². The van der Waals surface area contributed by atoms with Crippen LogP contribution in [-0.2, 0) is 9.47 Å². The molecular formula is C13H25NO2. The van der Waals surface area contributed by atoms with Crippen LogP contribution in [0.1, 0.15) is 44.9 Å². The summed E-state index contributed by atoms with van der Waals surface area (Å²) in [4.78, 5) is 0. The molecule has 2 fully saturated rings. The molecule has 0 aromatic rings. The van der Waals surface area contributed by atoms with Gasteiger partial charge in [-0.05, 0) is 51.5 Å². The highest BCUT2D eigenvalue weighted by atomic mass is 16.5. The lowest BCUT2D eigenvalue weighted by Gasteiger charge is -2.29. The summed E-state index contributed by atoms with van der Waals surface area (Å²) >= 11 is 0. The summed E-state index contributed by atoms with van der Waals surface area (Å²) in [6.45, 7) is 2.08. The van der Waals surface area contributed by atoms with Gasteiger partial charge in [-0.3, -0.25) is 0 Å². The zero-order chi connectivity index (χ0) is 11.2. The quantitative estimate of drug-likeness (QED) is 0.780. The molecule has 2 rings (SSSR count). The lowest BCUT2D eigenvalue weighted by atomic mass is 9.93. The van der Waals surface area contributed by atoms with Crippen molar-refractivity contribution in [2.75, 3.05) is 20.3 Å². The zero-order valence-electron chi connectivity index (χ0n) is 10.4. The topological polar surface area (TPSA) is 30.5 Å². The first-order valence-corrected chi connectivity index (χ1v) is 6.76. The Balaban J connectivity index is 1.58. The van der Waals surface area contributed by atoms with E-state index in [1.807, 2.05) is 7.11 Å². The molecule has 1 aliphatic carbocycles. The van der Waals surface area contributed by atoms with Crippen LogP contribution in [0, 0.1) is 0 Å². The predicted octanol–water partition coefficient (Wildman–Crippen LogP) is 2.10. The van der Waals surface area contributed by atoms with Gasteiger partial charge in [0.2, 0.25) is 0 Å². The van der Waals surface area contributed by atoms with Crippen molar-refractivity contribution in [3.05, 3.63) is 0 Å². The van der Waals surface area contributed by atoms with Crippen LogP contribution in [0.2, 0.25) is 0 Å². The van der Waals surface area contributed by atoms with Gasteiger partial charge < -0.3 is 14.8 Å². The molecule has 1 saturated heterocycles. The Morgan fingerprint density at radius 3 is 2.94 bits per heavy atom. The summed E-state index contributed by atoms with van der Waals surface area (Å²) < 4.78 is 11.1. The van der Waals surface area contributed by atoms with Gasteiger partial charge in [-0.15, -0.1) is 0 Å². The summed E-state index contributed by atoms with van der Waals surface area (Å²) in [6.07, 6.45) is 9.72. The summed E-state index contributed by atoms with van der Waals surface area (Å²) in [5, 5.41) is 3.65. The van der Waals surface area contributed by atoms with E-state index in [0.29, 0.717) is 18.2 Å². The zero-order valence-corrected chi connectivity index (χ0v) is 10.4. The molecule has 1 saturated carbocycles. The van der Waals surface area contributed by atoms with Crippen molar-refractivity contribution in [2.45, 2.75) is 63.2 Å².